The van der Waals surface area contributed by atoms with Crippen LogP contribution in [0.3, 0.4) is 0 Å². The number of carboxylic acids is 1. The van der Waals surface area contributed by atoms with Crippen LogP contribution in [0.1, 0.15) is 5.56 Å². The van der Waals surface area contributed by atoms with Crippen LogP contribution in [0.2, 0.25) is 10.0 Å². The van der Waals surface area contributed by atoms with Crippen molar-refractivity contribution in [2.75, 3.05) is 0 Å². The number of benzene rings is 1. The molecule has 0 aromatic heterocycles. The van der Waals surface area contributed by atoms with Gasteiger partial charge in [-0.05, 0) is 12.1 Å². The monoisotopic (exact) mass is 241 g/mol. The van der Waals surface area contributed by atoms with Crippen molar-refractivity contribution >= 4 is 34.7 Å². The largest absolute Gasteiger partial charge is 0.478 e. The first kappa shape index (κ1) is 11.6. The Morgan fingerprint density at radius 2 is 2.13 bits per heavy atom. The molecule has 0 saturated carbocycles. The second-order valence-electron chi connectivity index (χ2n) is 2.63. The van der Waals surface area contributed by atoms with Gasteiger partial charge in [0, 0.05) is 16.7 Å². The van der Waals surface area contributed by atoms with Gasteiger partial charge in [0.1, 0.15) is 6.07 Å². The lowest BCUT2D eigenvalue weighted by molar-refractivity contribution is -0.131. The van der Waals surface area contributed by atoms with E-state index < -0.39 is 5.97 Å². The normalized spacial score (nSPS) is 10.9. The van der Waals surface area contributed by atoms with E-state index in [1.807, 2.05) is 0 Å². The number of aliphatic carboxylic acids is 1. The van der Waals surface area contributed by atoms with Crippen LogP contribution < -0.4 is 0 Å². The van der Waals surface area contributed by atoms with Crippen molar-refractivity contribution in [2.45, 2.75) is 0 Å². The van der Waals surface area contributed by atoms with Crippen molar-refractivity contribution in [3.05, 3.63) is 39.9 Å². The van der Waals surface area contributed by atoms with Crippen LogP contribution in [0.15, 0.2) is 24.3 Å². The molecule has 1 aromatic carbocycles. The van der Waals surface area contributed by atoms with Crippen molar-refractivity contribution in [2.24, 2.45) is 0 Å². The van der Waals surface area contributed by atoms with Crippen LogP contribution >= 0.6 is 23.2 Å². The summed E-state index contributed by atoms with van der Waals surface area (Å²) in [6, 6.07) is 6.25. The fourth-order valence-corrected chi connectivity index (χ4v) is 1.51. The third-order valence-corrected chi connectivity index (χ3v) is 2.16. The third kappa shape index (κ3) is 2.98. The molecule has 0 amide bonds. The van der Waals surface area contributed by atoms with Gasteiger partial charge < -0.3 is 5.11 Å². The van der Waals surface area contributed by atoms with E-state index in [0.717, 1.165) is 6.08 Å². The van der Waals surface area contributed by atoms with Gasteiger partial charge >= 0.3 is 5.97 Å². The van der Waals surface area contributed by atoms with Gasteiger partial charge in [0.2, 0.25) is 0 Å². The molecule has 3 nitrogen and oxygen atoms in total. The number of hydrogen-bond donors (Lipinski definition) is 1. The first-order valence-electron chi connectivity index (χ1n) is 3.84. The molecule has 0 heterocycles. The highest BCUT2D eigenvalue weighted by molar-refractivity contribution is 6.36. The highest BCUT2D eigenvalue weighted by atomic mass is 35.5. The molecule has 0 saturated heterocycles. The molecule has 1 aromatic rings. The second kappa shape index (κ2) is 4.83. The first-order valence-corrected chi connectivity index (χ1v) is 4.60. The molecule has 0 radical (unpaired) electrons. The number of allylic oxidation sites excluding steroid dienone is 1. The number of nitriles is 1. The molecule has 0 fully saturated rings. The molecule has 5 heteroatoms. The number of hydrogen-bond acceptors (Lipinski definition) is 2. The summed E-state index contributed by atoms with van der Waals surface area (Å²) in [7, 11) is 0. The molecule has 76 valence electrons. The summed E-state index contributed by atoms with van der Waals surface area (Å²) >= 11 is 11.5. The van der Waals surface area contributed by atoms with Crippen LogP contribution in [-0.2, 0) is 4.79 Å². The average molecular weight is 242 g/mol. The van der Waals surface area contributed by atoms with Gasteiger partial charge in [0.05, 0.1) is 10.6 Å². The lowest BCUT2D eigenvalue weighted by Crippen LogP contribution is -1.91. The quantitative estimate of drug-likeness (QED) is 0.640. The number of rotatable bonds is 2. The molecular weight excluding hydrogens is 237 g/mol. The topological polar surface area (TPSA) is 61.1 Å². The zero-order valence-corrected chi connectivity index (χ0v) is 8.88. The molecule has 0 atom stereocenters. The molecule has 0 unspecified atom stereocenters. The fraction of sp³-hybridized carbons (Fsp3) is 0. The molecule has 15 heavy (non-hydrogen) atoms. The lowest BCUT2D eigenvalue weighted by atomic mass is 10.1. The fourth-order valence-electron chi connectivity index (χ4n) is 1.00. The van der Waals surface area contributed by atoms with E-state index in [4.69, 9.17) is 33.6 Å². The van der Waals surface area contributed by atoms with Gasteiger partial charge in [0.25, 0.3) is 0 Å². The summed E-state index contributed by atoms with van der Waals surface area (Å²) in [5.74, 6) is -1.20. The minimum atomic E-state index is -1.20. The maximum absolute atomic E-state index is 10.4. The van der Waals surface area contributed by atoms with Crippen molar-refractivity contribution in [3.8, 4) is 6.07 Å². The third-order valence-electron chi connectivity index (χ3n) is 1.61. The molecule has 0 bridgehead atoms. The second-order valence-corrected chi connectivity index (χ2v) is 3.48. The van der Waals surface area contributed by atoms with Crippen LogP contribution in [0.25, 0.3) is 5.57 Å². The van der Waals surface area contributed by atoms with Gasteiger partial charge in [-0.25, -0.2) is 4.79 Å². The standard InChI is InChI=1S/C10H5Cl2NO2/c11-7-1-2-8(9(12)4-7)6(5-13)3-10(14)15/h1-4H,(H,14,15). The number of carbonyl (C=O) groups is 1. The van der Waals surface area contributed by atoms with Crippen LogP contribution in [0, 0.1) is 11.3 Å². The van der Waals surface area contributed by atoms with Crippen LogP contribution in [0.5, 0.6) is 0 Å². The predicted octanol–water partition coefficient (Wildman–Crippen LogP) is 2.98. The van der Waals surface area contributed by atoms with Gasteiger partial charge in [-0.3, -0.25) is 0 Å². The minimum absolute atomic E-state index is 0.0100. The van der Waals surface area contributed by atoms with E-state index >= 15 is 0 Å². The summed E-state index contributed by atoms with van der Waals surface area (Å²) in [5.41, 5.74) is 0.343. The first-order chi connectivity index (χ1) is 7.04. The SMILES string of the molecule is N#CC(=CC(=O)O)c1ccc(Cl)cc1Cl. The average Bonchev–Trinajstić information content (AvgIpc) is 2.14. The van der Waals surface area contributed by atoms with Crippen LogP contribution in [-0.4, -0.2) is 11.1 Å². The number of halogens is 2. The highest BCUT2D eigenvalue weighted by Crippen LogP contribution is 2.26. The Morgan fingerprint density at radius 1 is 1.47 bits per heavy atom. The molecular formula is C10H5Cl2NO2. The summed E-state index contributed by atoms with van der Waals surface area (Å²) in [6.07, 6.45) is 0.801. The Balaban J connectivity index is 3.27. The van der Waals surface area contributed by atoms with Gasteiger partial charge in [-0.15, -0.1) is 0 Å². The molecule has 0 aliphatic rings. The van der Waals surface area contributed by atoms with Crippen molar-refractivity contribution < 1.29 is 9.90 Å². The zero-order chi connectivity index (χ0) is 11.4. The summed E-state index contributed by atoms with van der Waals surface area (Å²) in [6.45, 7) is 0. The number of carboxylic acid groups (broad SMARTS) is 1. The summed E-state index contributed by atoms with van der Waals surface area (Å²) < 4.78 is 0. The predicted molar refractivity (Wildman–Crippen MR) is 57.7 cm³/mol. The molecule has 0 aliphatic carbocycles. The van der Waals surface area contributed by atoms with Crippen molar-refractivity contribution in [1.29, 1.82) is 5.26 Å². The van der Waals surface area contributed by atoms with E-state index in [9.17, 15) is 4.79 Å². The summed E-state index contributed by atoms with van der Waals surface area (Å²) in [5, 5.41) is 17.9. The minimum Gasteiger partial charge on any atom is -0.478 e. The van der Waals surface area contributed by atoms with Gasteiger partial charge in [0.15, 0.2) is 0 Å². The zero-order valence-electron chi connectivity index (χ0n) is 7.37. The Hall–Kier alpha value is -1.50. The Kier molecular flexibility index (Phi) is 3.73. The smallest absolute Gasteiger partial charge is 0.329 e. The Morgan fingerprint density at radius 3 is 2.60 bits per heavy atom. The van der Waals surface area contributed by atoms with Gasteiger partial charge in [-0.2, -0.15) is 5.26 Å². The molecule has 1 N–H and O–H groups in total. The molecule has 0 spiro atoms. The van der Waals surface area contributed by atoms with E-state index in [2.05, 4.69) is 0 Å². The molecule has 1 rings (SSSR count). The van der Waals surface area contributed by atoms with E-state index in [-0.39, 0.29) is 10.6 Å². The van der Waals surface area contributed by atoms with Crippen LogP contribution in [0.4, 0.5) is 0 Å². The van der Waals surface area contributed by atoms with E-state index in [0.29, 0.717) is 10.6 Å². The van der Waals surface area contributed by atoms with Crippen molar-refractivity contribution in [3.63, 3.8) is 0 Å². The highest BCUT2D eigenvalue weighted by Gasteiger charge is 2.08. The van der Waals surface area contributed by atoms with E-state index in [1.165, 1.54) is 18.2 Å². The van der Waals surface area contributed by atoms with E-state index in [1.54, 1.807) is 6.07 Å². The maximum atomic E-state index is 10.4. The Labute approximate surface area is 96.2 Å². The van der Waals surface area contributed by atoms with Gasteiger partial charge in [-0.1, -0.05) is 29.3 Å². The maximum Gasteiger partial charge on any atom is 0.329 e. The molecule has 0 aliphatic heterocycles. The lowest BCUT2D eigenvalue weighted by Gasteiger charge is -2.01. The Bertz CT molecular complexity index is 475. The summed E-state index contributed by atoms with van der Waals surface area (Å²) in [4.78, 5) is 10.4. The van der Waals surface area contributed by atoms with Crippen molar-refractivity contribution in [1.82, 2.24) is 0 Å². The number of nitrogens with zero attached hydrogens (tertiary/aromatic N) is 1.